The van der Waals surface area contributed by atoms with Crippen LogP contribution >= 0.6 is 0 Å². The smallest absolute Gasteiger partial charge is 0.332 e. The molecule has 0 spiro atoms. The van der Waals surface area contributed by atoms with Gasteiger partial charge >= 0.3 is 23.9 Å². The van der Waals surface area contributed by atoms with Crippen LogP contribution in [0.25, 0.3) is 0 Å². The van der Waals surface area contributed by atoms with Crippen molar-refractivity contribution in [2.24, 2.45) is 0 Å². The largest absolute Gasteiger partial charge is 0.481 e. The minimum absolute atomic E-state index is 0.0136. The van der Waals surface area contributed by atoms with Crippen LogP contribution in [0, 0.1) is 0 Å². The van der Waals surface area contributed by atoms with Gasteiger partial charge in [-0.3, -0.25) is 19.7 Å². The quantitative estimate of drug-likeness (QED) is 0.0983. The first-order chi connectivity index (χ1) is 12.2. The molecule has 0 fully saturated rings. The molecule has 0 radical (unpaired) electrons. The second-order valence-corrected chi connectivity index (χ2v) is 4.86. The fourth-order valence-corrected chi connectivity index (χ4v) is 1.66. The molecule has 0 aliphatic rings. The van der Waals surface area contributed by atoms with E-state index in [2.05, 4.69) is 22.2 Å². The van der Waals surface area contributed by atoms with Gasteiger partial charge in [0.05, 0.1) is 12.8 Å². The van der Waals surface area contributed by atoms with E-state index in [9.17, 15) is 24.0 Å². The van der Waals surface area contributed by atoms with Crippen molar-refractivity contribution in [3.05, 3.63) is 12.7 Å². The number of hydroxylamine groups is 1. The number of amides is 1. The summed E-state index contributed by atoms with van der Waals surface area (Å²) in [5.41, 5.74) is 2.27. The number of nitrogens with zero attached hydrogens (tertiary/aromatic N) is 1. The second kappa shape index (κ2) is 12.4. The maximum atomic E-state index is 11.7. The van der Waals surface area contributed by atoms with Gasteiger partial charge in [-0.25, -0.2) is 9.59 Å². The highest BCUT2D eigenvalue weighted by Crippen LogP contribution is 1.93. The lowest BCUT2D eigenvalue weighted by Gasteiger charge is -2.22. The van der Waals surface area contributed by atoms with Crippen LogP contribution in [0.3, 0.4) is 0 Å². The summed E-state index contributed by atoms with van der Waals surface area (Å²) in [6, 6.07) is -1.80. The molecular weight excluding hydrogens is 354 g/mol. The molecule has 0 aromatic carbocycles. The Morgan fingerprint density at radius 3 is 2.08 bits per heavy atom. The second-order valence-electron chi connectivity index (χ2n) is 4.86. The Kier molecular flexibility index (Phi) is 11.0. The van der Waals surface area contributed by atoms with Gasteiger partial charge in [0.25, 0.3) is 0 Å². The zero-order valence-corrected chi connectivity index (χ0v) is 13.8. The van der Waals surface area contributed by atoms with Gasteiger partial charge in [-0.15, -0.1) is 0 Å². The lowest BCUT2D eigenvalue weighted by atomic mass is 10.3. The van der Waals surface area contributed by atoms with Crippen molar-refractivity contribution in [1.82, 2.24) is 15.7 Å². The third-order valence-electron chi connectivity index (χ3n) is 2.92. The van der Waals surface area contributed by atoms with Crippen LogP contribution in [0.4, 0.5) is 0 Å². The van der Waals surface area contributed by atoms with Crippen LogP contribution in [0.15, 0.2) is 12.7 Å². The predicted molar refractivity (Wildman–Crippen MR) is 84.8 cm³/mol. The average Bonchev–Trinajstić information content (AvgIpc) is 2.56. The third-order valence-corrected chi connectivity index (χ3v) is 2.92. The maximum absolute atomic E-state index is 11.7. The molecule has 0 atom stereocenters. The zero-order valence-electron chi connectivity index (χ0n) is 13.8. The molecule has 0 unspecified atom stereocenters. The van der Waals surface area contributed by atoms with Crippen molar-refractivity contribution >= 4 is 29.8 Å². The topological polar surface area (TPSA) is 183 Å². The number of hydrogen-bond donors (Lipinski definition) is 5. The van der Waals surface area contributed by atoms with E-state index in [0.29, 0.717) is 0 Å². The molecular formula is C14H21N3O9. The Morgan fingerprint density at radius 1 is 1.00 bits per heavy atom. The fourth-order valence-electron chi connectivity index (χ4n) is 1.66. The summed E-state index contributed by atoms with van der Waals surface area (Å²) in [5, 5.41) is 28.2. The number of carboxylic acids is 3. The monoisotopic (exact) mass is 375 g/mol. The molecule has 1 amide bonds. The Labute approximate surface area is 148 Å². The Balaban J connectivity index is 4.29. The van der Waals surface area contributed by atoms with Crippen molar-refractivity contribution < 1.29 is 44.1 Å². The number of carboxylic acid groups (broad SMARTS) is 3. The van der Waals surface area contributed by atoms with Crippen molar-refractivity contribution in [1.29, 1.82) is 0 Å². The van der Waals surface area contributed by atoms with Gasteiger partial charge in [0.2, 0.25) is 11.9 Å². The van der Waals surface area contributed by atoms with Crippen molar-refractivity contribution in [2.75, 3.05) is 26.2 Å². The fraction of sp³-hybridized carbons (Fsp3) is 0.500. The normalized spacial score (nSPS) is 10.2. The van der Waals surface area contributed by atoms with Gasteiger partial charge in [0, 0.05) is 26.2 Å². The van der Waals surface area contributed by atoms with E-state index in [1.807, 2.05) is 0 Å². The summed E-state index contributed by atoms with van der Waals surface area (Å²) in [6.07, 6.45) is 0.333. The molecule has 0 aliphatic carbocycles. The standard InChI is InChI=1S/C14H21N3O9/c1-2-9(18)17(7-5-15-12(13(22)23)14(24)25)8-6-16-26-11(21)4-3-10(19)20/h2,12,15-16H,1,3-8H2,(H,19,20)(H,22,23)(H,24,25). The molecule has 0 aliphatic heterocycles. The molecule has 12 nitrogen and oxygen atoms in total. The maximum Gasteiger partial charge on any atom is 0.332 e. The highest BCUT2D eigenvalue weighted by molar-refractivity contribution is 5.97. The van der Waals surface area contributed by atoms with E-state index < -0.39 is 35.8 Å². The molecule has 0 saturated heterocycles. The number of carbonyl (C=O) groups excluding carboxylic acids is 2. The SMILES string of the molecule is C=CC(=O)N(CCNOC(=O)CCC(=O)O)CCNC(C(=O)O)C(=O)O. The summed E-state index contributed by atoms with van der Waals surface area (Å²) in [4.78, 5) is 60.5. The minimum Gasteiger partial charge on any atom is -0.481 e. The van der Waals surface area contributed by atoms with E-state index in [-0.39, 0.29) is 39.0 Å². The van der Waals surface area contributed by atoms with Crippen LogP contribution in [0.5, 0.6) is 0 Å². The minimum atomic E-state index is -1.80. The summed E-state index contributed by atoms with van der Waals surface area (Å²) in [5.74, 6) is -5.53. The number of hydrogen-bond acceptors (Lipinski definition) is 8. The number of aliphatic carboxylic acids is 3. The van der Waals surface area contributed by atoms with Crippen LogP contribution in [0.1, 0.15) is 12.8 Å². The van der Waals surface area contributed by atoms with Crippen LogP contribution < -0.4 is 10.8 Å². The van der Waals surface area contributed by atoms with Crippen molar-refractivity contribution in [3.8, 4) is 0 Å². The molecule has 0 bridgehead atoms. The van der Waals surface area contributed by atoms with E-state index in [4.69, 9.17) is 15.3 Å². The molecule has 0 heterocycles. The molecule has 0 aromatic rings. The van der Waals surface area contributed by atoms with Gasteiger partial charge in [-0.2, -0.15) is 5.48 Å². The predicted octanol–water partition coefficient (Wildman–Crippen LogP) is -1.96. The van der Waals surface area contributed by atoms with Crippen LogP contribution in [0.2, 0.25) is 0 Å². The van der Waals surface area contributed by atoms with Gasteiger partial charge in [-0.1, -0.05) is 6.58 Å². The summed E-state index contributed by atoms with van der Waals surface area (Å²) in [6.45, 7) is 3.25. The highest BCUT2D eigenvalue weighted by atomic mass is 16.7. The number of rotatable bonds is 14. The van der Waals surface area contributed by atoms with Gasteiger partial charge in [0.1, 0.15) is 0 Å². The molecule has 26 heavy (non-hydrogen) atoms. The van der Waals surface area contributed by atoms with Gasteiger partial charge in [0.15, 0.2) is 0 Å². The molecule has 12 heteroatoms. The molecule has 146 valence electrons. The first kappa shape index (κ1) is 23.0. The lowest BCUT2D eigenvalue weighted by molar-refractivity contribution is -0.154. The molecule has 0 aromatic heterocycles. The summed E-state index contributed by atoms with van der Waals surface area (Å²) >= 11 is 0. The third kappa shape index (κ3) is 10.00. The molecule has 0 saturated carbocycles. The van der Waals surface area contributed by atoms with E-state index in [1.165, 1.54) is 4.90 Å². The van der Waals surface area contributed by atoms with E-state index in [0.717, 1.165) is 6.08 Å². The van der Waals surface area contributed by atoms with Crippen LogP contribution in [-0.2, 0) is 28.8 Å². The Morgan fingerprint density at radius 2 is 1.58 bits per heavy atom. The molecule has 5 N–H and O–H groups in total. The van der Waals surface area contributed by atoms with Gasteiger partial charge in [-0.05, 0) is 6.08 Å². The average molecular weight is 375 g/mol. The first-order valence-electron chi connectivity index (χ1n) is 7.43. The number of nitrogens with one attached hydrogen (secondary N) is 2. The van der Waals surface area contributed by atoms with Crippen molar-refractivity contribution in [2.45, 2.75) is 18.9 Å². The highest BCUT2D eigenvalue weighted by Gasteiger charge is 2.25. The molecule has 0 rings (SSSR count). The van der Waals surface area contributed by atoms with Crippen molar-refractivity contribution in [3.63, 3.8) is 0 Å². The van der Waals surface area contributed by atoms with E-state index in [1.54, 1.807) is 0 Å². The zero-order chi connectivity index (χ0) is 20.1. The lowest BCUT2D eigenvalue weighted by Crippen LogP contribution is -2.47. The summed E-state index contributed by atoms with van der Waals surface area (Å²) in [7, 11) is 0. The Hall–Kier alpha value is -2.99. The summed E-state index contributed by atoms with van der Waals surface area (Å²) < 4.78 is 0. The van der Waals surface area contributed by atoms with E-state index >= 15 is 0 Å². The Bertz CT molecular complexity index is 536. The first-order valence-corrected chi connectivity index (χ1v) is 7.43. The number of carbonyl (C=O) groups is 5. The van der Waals surface area contributed by atoms with Crippen LogP contribution in [-0.4, -0.2) is 82.2 Å². The van der Waals surface area contributed by atoms with Gasteiger partial charge < -0.3 is 25.1 Å².